The van der Waals surface area contributed by atoms with Crippen molar-refractivity contribution < 1.29 is 4.79 Å². The summed E-state index contributed by atoms with van der Waals surface area (Å²) in [5, 5.41) is 16.0. The van der Waals surface area contributed by atoms with E-state index in [-0.39, 0.29) is 5.02 Å². The predicted molar refractivity (Wildman–Crippen MR) is 144 cm³/mol. The number of nitrogens with zero attached hydrogens (tertiary/aromatic N) is 3. The van der Waals surface area contributed by atoms with Crippen molar-refractivity contribution in [3.05, 3.63) is 99.3 Å². The quantitative estimate of drug-likeness (QED) is 0.247. The summed E-state index contributed by atoms with van der Waals surface area (Å²) in [5.41, 5.74) is 4.98. The summed E-state index contributed by atoms with van der Waals surface area (Å²) < 4.78 is 1.99. The molecule has 1 aromatic heterocycles. The van der Waals surface area contributed by atoms with Crippen molar-refractivity contribution in [2.45, 2.75) is 37.7 Å². The zero-order valence-electron chi connectivity index (χ0n) is 19.5. The number of aryl methyl sites for hydroxylation is 2. The van der Waals surface area contributed by atoms with Crippen LogP contribution < -0.4 is 10.6 Å². The van der Waals surface area contributed by atoms with Gasteiger partial charge in [-0.05, 0) is 56.2 Å². The monoisotopic (exact) mass is 525 g/mol. The molecule has 0 radical (unpaired) electrons. The number of hydrogen-bond acceptors (Lipinski definition) is 4. The van der Waals surface area contributed by atoms with Crippen molar-refractivity contribution >= 4 is 46.7 Å². The van der Waals surface area contributed by atoms with E-state index in [2.05, 4.69) is 39.9 Å². The predicted octanol–water partition coefficient (Wildman–Crippen LogP) is 7.37. The lowest BCUT2D eigenvalue weighted by Crippen LogP contribution is -2.32. The van der Waals surface area contributed by atoms with Gasteiger partial charge in [-0.2, -0.15) is 0 Å². The van der Waals surface area contributed by atoms with Crippen LogP contribution in [0, 0.1) is 13.8 Å². The van der Waals surface area contributed by atoms with Gasteiger partial charge in [-0.1, -0.05) is 83.0 Å². The molecule has 180 valence electrons. The minimum absolute atomic E-state index is 0.287. The molecule has 6 nitrogen and oxygen atoms in total. The van der Waals surface area contributed by atoms with E-state index in [1.54, 1.807) is 30.0 Å². The highest BCUT2D eigenvalue weighted by Crippen LogP contribution is 2.30. The van der Waals surface area contributed by atoms with E-state index in [0.29, 0.717) is 16.5 Å². The number of carbonyl (C=O) groups is 1. The number of benzene rings is 3. The van der Waals surface area contributed by atoms with Gasteiger partial charge in [0.15, 0.2) is 11.0 Å². The number of urea groups is 1. The third-order valence-corrected chi connectivity index (χ3v) is 7.30. The van der Waals surface area contributed by atoms with Crippen LogP contribution in [0.4, 0.5) is 10.5 Å². The van der Waals surface area contributed by atoms with Crippen LogP contribution in [0.2, 0.25) is 10.0 Å². The number of anilines is 1. The van der Waals surface area contributed by atoms with Crippen LogP contribution in [-0.2, 0) is 5.75 Å². The number of thioether (sulfide) groups is 1. The molecule has 1 atom stereocenters. The first-order valence-corrected chi connectivity index (χ1v) is 12.8. The van der Waals surface area contributed by atoms with E-state index in [1.807, 2.05) is 54.8 Å². The number of rotatable bonds is 7. The Bertz CT molecular complexity index is 1340. The smallest absolute Gasteiger partial charge is 0.319 e. The van der Waals surface area contributed by atoms with Crippen molar-refractivity contribution in [3.8, 4) is 5.69 Å². The lowest BCUT2D eigenvalue weighted by Gasteiger charge is -2.17. The Labute approximate surface area is 219 Å². The van der Waals surface area contributed by atoms with Gasteiger partial charge in [0.05, 0.1) is 21.8 Å². The van der Waals surface area contributed by atoms with E-state index in [0.717, 1.165) is 22.2 Å². The molecule has 2 N–H and O–H groups in total. The summed E-state index contributed by atoms with van der Waals surface area (Å²) in [4.78, 5) is 12.7. The third kappa shape index (κ3) is 5.99. The Hall–Kier alpha value is -3.00. The topological polar surface area (TPSA) is 71.8 Å². The average molecular weight is 526 g/mol. The molecule has 0 fully saturated rings. The highest BCUT2D eigenvalue weighted by molar-refractivity contribution is 7.98. The summed E-state index contributed by atoms with van der Waals surface area (Å²) in [7, 11) is 0. The summed E-state index contributed by atoms with van der Waals surface area (Å²) in [5.74, 6) is 1.38. The van der Waals surface area contributed by atoms with E-state index in [4.69, 9.17) is 23.2 Å². The van der Waals surface area contributed by atoms with E-state index in [9.17, 15) is 4.79 Å². The summed E-state index contributed by atoms with van der Waals surface area (Å²) >= 11 is 13.9. The third-order valence-electron chi connectivity index (χ3n) is 5.50. The van der Waals surface area contributed by atoms with Gasteiger partial charge in [0.2, 0.25) is 0 Å². The normalized spacial score (nSPS) is 11.8. The number of nitrogens with one attached hydrogen (secondary N) is 2. The fraction of sp³-hybridized carbons (Fsp3) is 0.192. The lowest BCUT2D eigenvalue weighted by atomic mass is 10.1. The largest absolute Gasteiger partial charge is 0.328 e. The van der Waals surface area contributed by atoms with Crippen molar-refractivity contribution in [1.82, 2.24) is 20.1 Å². The van der Waals surface area contributed by atoms with Gasteiger partial charge in [0, 0.05) is 11.4 Å². The van der Waals surface area contributed by atoms with Gasteiger partial charge in [0.1, 0.15) is 0 Å². The van der Waals surface area contributed by atoms with Gasteiger partial charge in [-0.25, -0.2) is 4.79 Å². The zero-order valence-corrected chi connectivity index (χ0v) is 21.9. The van der Waals surface area contributed by atoms with Crippen LogP contribution in [-0.4, -0.2) is 20.8 Å². The molecule has 0 saturated carbocycles. The number of carbonyl (C=O) groups excluding carboxylic acids is 1. The molecule has 1 heterocycles. The zero-order chi connectivity index (χ0) is 24.9. The molecule has 3 aromatic carbocycles. The highest BCUT2D eigenvalue weighted by atomic mass is 35.5. The Kier molecular flexibility index (Phi) is 8.00. The molecule has 0 bridgehead atoms. The fourth-order valence-electron chi connectivity index (χ4n) is 3.53. The summed E-state index contributed by atoms with van der Waals surface area (Å²) in [6.07, 6.45) is 0. The number of aromatic nitrogens is 3. The minimum Gasteiger partial charge on any atom is -0.328 e. The second-order valence-corrected chi connectivity index (χ2v) is 9.88. The molecule has 4 aromatic rings. The van der Waals surface area contributed by atoms with Crippen LogP contribution in [0.15, 0.2) is 71.9 Å². The van der Waals surface area contributed by atoms with Crippen LogP contribution in [0.25, 0.3) is 5.69 Å². The van der Waals surface area contributed by atoms with Gasteiger partial charge < -0.3 is 10.6 Å². The van der Waals surface area contributed by atoms with Crippen molar-refractivity contribution in [2.24, 2.45) is 0 Å². The molecular formula is C26H25Cl2N5OS. The Morgan fingerprint density at radius 2 is 1.74 bits per heavy atom. The first-order chi connectivity index (χ1) is 16.8. The van der Waals surface area contributed by atoms with E-state index < -0.39 is 12.1 Å². The van der Waals surface area contributed by atoms with Gasteiger partial charge in [0.25, 0.3) is 0 Å². The molecular weight excluding hydrogens is 501 g/mol. The number of hydrogen-bond donors (Lipinski definition) is 2. The molecule has 0 saturated heterocycles. The minimum atomic E-state index is -0.436. The number of amides is 2. The summed E-state index contributed by atoms with van der Waals surface area (Å²) in [6, 6.07) is 20.6. The summed E-state index contributed by atoms with van der Waals surface area (Å²) in [6.45, 7) is 6.01. The molecule has 0 aliphatic rings. The molecule has 2 amide bonds. The molecule has 0 unspecified atom stereocenters. The van der Waals surface area contributed by atoms with E-state index in [1.165, 1.54) is 11.1 Å². The molecule has 35 heavy (non-hydrogen) atoms. The molecule has 0 aliphatic carbocycles. The molecule has 0 aliphatic heterocycles. The van der Waals surface area contributed by atoms with Crippen molar-refractivity contribution in [3.63, 3.8) is 0 Å². The van der Waals surface area contributed by atoms with Crippen LogP contribution in [0.3, 0.4) is 0 Å². The second kappa shape index (κ2) is 11.2. The lowest BCUT2D eigenvalue weighted by molar-refractivity contribution is 0.249. The van der Waals surface area contributed by atoms with Crippen LogP contribution in [0.1, 0.15) is 35.5 Å². The molecule has 0 spiro atoms. The second-order valence-electron chi connectivity index (χ2n) is 8.15. The molecule has 4 rings (SSSR count). The Balaban J connectivity index is 1.58. The van der Waals surface area contributed by atoms with Crippen molar-refractivity contribution in [1.29, 1.82) is 0 Å². The van der Waals surface area contributed by atoms with Gasteiger partial charge >= 0.3 is 6.03 Å². The van der Waals surface area contributed by atoms with Gasteiger partial charge in [-0.15, -0.1) is 10.2 Å². The Morgan fingerprint density at radius 3 is 2.49 bits per heavy atom. The molecule has 9 heteroatoms. The SMILES string of the molecule is Cc1ccc(-n2c(SCc3ccccc3C)nnc2[C@H](C)NC(=O)Nc2cccc(Cl)c2Cl)cc1. The number of halogens is 2. The maximum atomic E-state index is 12.7. The first kappa shape index (κ1) is 25.1. The van der Waals surface area contributed by atoms with E-state index >= 15 is 0 Å². The fourth-order valence-corrected chi connectivity index (χ4v) is 4.91. The average Bonchev–Trinajstić information content (AvgIpc) is 3.26. The van der Waals surface area contributed by atoms with Crippen LogP contribution in [0.5, 0.6) is 0 Å². The van der Waals surface area contributed by atoms with Gasteiger partial charge in [-0.3, -0.25) is 4.57 Å². The standard InChI is InChI=1S/C26H25Cl2N5OS/c1-16-11-13-20(14-12-16)33-24(31-32-26(33)35-15-19-8-5-4-7-17(19)2)18(3)29-25(34)30-22-10-6-9-21(27)23(22)28/h4-14,18H,15H2,1-3H3,(H2,29,30,34)/t18-/m0/s1. The maximum absolute atomic E-state index is 12.7. The van der Waals surface area contributed by atoms with Crippen LogP contribution >= 0.6 is 35.0 Å². The first-order valence-electron chi connectivity index (χ1n) is 11.0. The maximum Gasteiger partial charge on any atom is 0.319 e. The highest BCUT2D eigenvalue weighted by Gasteiger charge is 2.22. The Morgan fingerprint density at radius 1 is 1.00 bits per heavy atom. The van der Waals surface area contributed by atoms with Crippen molar-refractivity contribution in [2.75, 3.05) is 5.32 Å².